The number of hydrogen-bond donors (Lipinski definition) is 1. The molecule has 2 aromatic carbocycles. The zero-order chi connectivity index (χ0) is 22.5. The third-order valence-electron chi connectivity index (χ3n) is 5.05. The number of rotatable bonds is 3. The molecule has 0 aliphatic carbocycles. The van der Waals surface area contributed by atoms with Crippen molar-refractivity contribution in [1.29, 1.82) is 0 Å². The van der Waals surface area contributed by atoms with Gasteiger partial charge in [-0.05, 0) is 36.4 Å². The molecule has 0 saturated heterocycles. The van der Waals surface area contributed by atoms with Crippen molar-refractivity contribution in [3.63, 3.8) is 0 Å². The molecule has 6 nitrogen and oxygen atoms in total. The topological polar surface area (TPSA) is 82.5 Å². The lowest BCUT2D eigenvalue weighted by atomic mass is 10.1. The summed E-state index contributed by atoms with van der Waals surface area (Å²) in [6.45, 7) is 0.123. The Balaban J connectivity index is 1.65. The molecule has 0 aliphatic heterocycles. The molecule has 32 heavy (non-hydrogen) atoms. The fourth-order valence-corrected chi connectivity index (χ4v) is 3.51. The van der Waals surface area contributed by atoms with Gasteiger partial charge in [0.05, 0.1) is 23.0 Å². The molecule has 5 aromatic rings. The van der Waals surface area contributed by atoms with Gasteiger partial charge < -0.3 is 5.73 Å². The second-order valence-electron chi connectivity index (χ2n) is 7.13. The highest BCUT2D eigenvalue weighted by molar-refractivity contribution is 5.94. The molecular formula is C22H14F4N6. The minimum absolute atomic E-state index is 0.0943. The Morgan fingerprint density at radius 1 is 0.938 bits per heavy atom. The highest BCUT2D eigenvalue weighted by atomic mass is 19.4. The predicted octanol–water partition coefficient (Wildman–Crippen LogP) is 4.83. The molecular weight excluding hydrogens is 424 g/mol. The van der Waals surface area contributed by atoms with Crippen molar-refractivity contribution in [2.45, 2.75) is 12.7 Å². The SMILES string of the molecule is Nc1nc(-c2nn(Cc3ccccc3F)c3ncccc23)nc2ccc(C(F)(F)F)cc12. The maximum absolute atomic E-state index is 14.2. The first-order valence-corrected chi connectivity index (χ1v) is 9.51. The smallest absolute Gasteiger partial charge is 0.383 e. The summed E-state index contributed by atoms with van der Waals surface area (Å²) < 4.78 is 54.8. The van der Waals surface area contributed by atoms with E-state index < -0.39 is 11.7 Å². The van der Waals surface area contributed by atoms with Crippen LogP contribution >= 0.6 is 0 Å². The van der Waals surface area contributed by atoms with Gasteiger partial charge in [-0.25, -0.2) is 24.0 Å². The third-order valence-corrected chi connectivity index (χ3v) is 5.05. The van der Waals surface area contributed by atoms with E-state index in [1.165, 1.54) is 16.8 Å². The lowest BCUT2D eigenvalue weighted by molar-refractivity contribution is -0.137. The second-order valence-corrected chi connectivity index (χ2v) is 7.13. The van der Waals surface area contributed by atoms with Gasteiger partial charge in [0.2, 0.25) is 0 Å². The zero-order valence-electron chi connectivity index (χ0n) is 16.3. The second kappa shape index (κ2) is 7.26. The quantitative estimate of drug-likeness (QED) is 0.408. The van der Waals surface area contributed by atoms with Gasteiger partial charge in [-0.1, -0.05) is 18.2 Å². The Labute approximate surface area is 178 Å². The largest absolute Gasteiger partial charge is 0.416 e. The minimum Gasteiger partial charge on any atom is -0.383 e. The van der Waals surface area contributed by atoms with Crippen molar-refractivity contribution in [2.24, 2.45) is 0 Å². The summed E-state index contributed by atoms with van der Waals surface area (Å²) in [5.74, 6) is -0.336. The number of fused-ring (bicyclic) bond motifs is 2. The summed E-state index contributed by atoms with van der Waals surface area (Å²) in [5, 5.41) is 5.23. The fourth-order valence-electron chi connectivity index (χ4n) is 3.51. The number of benzene rings is 2. The van der Waals surface area contributed by atoms with Crippen LogP contribution in [0.4, 0.5) is 23.4 Å². The summed E-state index contributed by atoms with van der Waals surface area (Å²) in [5.41, 5.74) is 6.65. The molecule has 160 valence electrons. The van der Waals surface area contributed by atoms with Crippen LogP contribution in [0.15, 0.2) is 60.8 Å². The van der Waals surface area contributed by atoms with E-state index in [9.17, 15) is 17.6 Å². The maximum atomic E-state index is 14.2. The average Bonchev–Trinajstić information content (AvgIpc) is 3.13. The van der Waals surface area contributed by atoms with E-state index in [1.807, 2.05) is 0 Å². The highest BCUT2D eigenvalue weighted by Gasteiger charge is 2.31. The van der Waals surface area contributed by atoms with E-state index >= 15 is 0 Å². The number of nitrogens with two attached hydrogens (primary N) is 1. The van der Waals surface area contributed by atoms with Crippen molar-refractivity contribution in [3.05, 3.63) is 77.7 Å². The molecule has 0 aliphatic rings. The first kappa shape index (κ1) is 19.9. The molecule has 10 heteroatoms. The van der Waals surface area contributed by atoms with Crippen LogP contribution in [-0.4, -0.2) is 24.7 Å². The van der Waals surface area contributed by atoms with Crippen molar-refractivity contribution in [2.75, 3.05) is 5.73 Å². The molecule has 0 radical (unpaired) electrons. The zero-order valence-corrected chi connectivity index (χ0v) is 16.3. The number of alkyl halides is 3. The van der Waals surface area contributed by atoms with Gasteiger partial charge >= 0.3 is 6.18 Å². The Hall–Kier alpha value is -4.08. The lowest BCUT2D eigenvalue weighted by Crippen LogP contribution is -2.06. The Morgan fingerprint density at radius 2 is 1.75 bits per heavy atom. The molecule has 0 unspecified atom stereocenters. The van der Waals surface area contributed by atoms with E-state index in [0.717, 1.165) is 12.1 Å². The van der Waals surface area contributed by atoms with Gasteiger partial charge in [0.1, 0.15) is 17.3 Å². The third kappa shape index (κ3) is 3.39. The lowest BCUT2D eigenvalue weighted by Gasteiger charge is -2.09. The van der Waals surface area contributed by atoms with Gasteiger partial charge in [0, 0.05) is 17.1 Å². The van der Waals surface area contributed by atoms with Gasteiger partial charge in [-0.2, -0.15) is 18.3 Å². The van der Waals surface area contributed by atoms with Crippen LogP contribution < -0.4 is 5.73 Å². The molecule has 2 N–H and O–H groups in total. The number of hydrogen-bond acceptors (Lipinski definition) is 5. The van der Waals surface area contributed by atoms with Crippen molar-refractivity contribution >= 4 is 27.8 Å². The van der Waals surface area contributed by atoms with Crippen LogP contribution in [0.25, 0.3) is 33.5 Å². The first-order valence-electron chi connectivity index (χ1n) is 9.51. The number of nitrogens with zero attached hydrogens (tertiary/aromatic N) is 5. The van der Waals surface area contributed by atoms with Crippen molar-refractivity contribution in [1.82, 2.24) is 24.7 Å². The molecule has 0 spiro atoms. The number of anilines is 1. The van der Waals surface area contributed by atoms with E-state index in [1.54, 1.807) is 36.5 Å². The number of halogens is 4. The molecule has 0 saturated carbocycles. The summed E-state index contributed by atoms with van der Waals surface area (Å²) in [6.07, 6.45) is -2.92. The van der Waals surface area contributed by atoms with Gasteiger partial charge in [-0.3, -0.25) is 0 Å². The molecule has 0 fully saturated rings. The van der Waals surface area contributed by atoms with Gasteiger partial charge in [0.25, 0.3) is 0 Å². The molecule has 0 amide bonds. The summed E-state index contributed by atoms with van der Waals surface area (Å²) in [7, 11) is 0. The molecule has 0 bridgehead atoms. The predicted molar refractivity (Wildman–Crippen MR) is 111 cm³/mol. The van der Waals surface area contributed by atoms with Crippen LogP contribution in [0.1, 0.15) is 11.1 Å². The van der Waals surface area contributed by atoms with E-state index in [-0.39, 0.29) is 34.9 Å². The molecule has 3 heterocycles. The highest BCUT2D eigenvalue weighted by Crippen LogP contribution is 2.33. The van der Waals surface area contributed by atoms with Crippen LogP contribution in [0.5, 0.6) is 0 Å². The maximum Gasteiger partial charge on any atom is 0.416 e. The Morgan fingerprint density at radius 3 is 2.53 bits per heavy atom. The Bertz CT molecular complexity index is 1480. The van der Waals surface area contributed by atoms with E-state index in [0.29, 0.717) is 22.3 Å². The van der Waals surface area contributed by atoms with Crippen molar-refractivity contribution < 1.29 is 17.6 Å². The van der Waals surface area contributed by atoms with Crippen LogP contribution in [-0.2, 0) is 12.7 Å². The number of nitrogen functional groups attached to an aromatic ring is 1. The standard InChI is InChI=1S/C22H14F4N6/c23-16-6-2-1-4-12(16)11-32-21-14(5-3-9-28-21)18(31-32)20-29-17-8-7-13(22(24,25)26)10-15(17)19(27)30-20/h1-10H,11H2,(H2,27,29,30). The molecule has 0 atom stereocenters. The summed E-state index contributed by atoms with van der Waals surface area (Å²) in [6, 6.07) is 12.9. The van der Waals surface area contributed by atoms with E-state index in [2.05, 4.69) is 20.1 Å². The van der Waals surface area contributed by atoms with Crippen molar-refractivity contribution in [3.8, 4) is 11.5 Å². The normalized spacial score (nSPS) is 12.0. The van der Waals surface area contributed by atoms with Crippen LogP contribution in [0.3, 0.4) is 0 Å². The first-order chi connectivity index (χ1) is 15.3. The Kier molecular flexibility index (Phi) is 4.50. The monoisotopic (exact) mass is 438 g/mol. The summed E-state index contributed by atoms with van der Waals surface area (Å²) in [4.78, 5) is 12.9. The average molecular weight is 438 g/mol. The van der Waals surface area contributed by atoms with E-state index in [4.69, 9.17) is 5.73 Å². The minimum atomic E-state index is -4.51. The molecule has 5 rings (SSSR count). The van der Waals surface area contributed by atoms with Crippen LogP contribution in [0.2, 0.25) is 0 Å². The number of pyridine rings is 1. The fraction of sp³-hybridized carbons (Fsp3) is 0.0909. The van der Waals surface area contributed by atoms with Crippen LogP contribution in [0, 0.1) is 5.82 Å². The molecule has 3 aromatic heterocycles. The van der Waals surface area contributed by atoms with Gasteiger partial charge in [-0.15, -0.1) is 0 Å². The summed E-state index contributed by atoms with van der Waals surface area (Å²) >= 11 is 0. The number of aromatic nitrogens is 5. The van der Waals surface area contributed by atoms with Gasteiger partial charge in [0.15, 0.2) is 11.5 Å².